The minimum atomic E-state index is 0.175. The average Bonchev–Trinajstić information content (AvgIpc) is 3.31. The van der Waals surface area contributed by atoms with Crippen molar-refractivity contribution >= 4 is 23.2 Å². The van der Waals surface area contributed by atoms with Crippen molar-refractivity contribution in [2.24, 2.45) is 17.8 Å². The van der Waals surface area contributed by atoms with E-state index in [2.05, 4.69) is 11.4 Å². The fraction of sp³-hybridized carbons (Fsp3) is 0.625. The summed E-state index contributed by atoms with van der Waals surface area (Å²) in [5.41, 5.74) is 1.48. The molecule has 3 fully saturated rings. The van der Waals surface area contributed by atoms with Crippen LogP contribution in [0, 0.1) is 17.8 Å². The first-order valence-corrected chi connectivity index (χ1v) is 8.21. The second kappa shape index (κ2) is 4.88. The quantitative estimate of drug-likeness (QED) is 0.898. The Bertz CT molecular complexity index is 519. The summed E-state index contributed by atoms with van der Waals surface area (Å²) in [6.45, 7) is 3.95. The molecule has 2 unspecified atom stereocenters. The lowest BCUT2D eigenvalue weighted by Gasteiger charge is -2.22. The number of piperidine rings is 1. The van der Waals surface area contributed by atoms with Crippen molar-refractivity contribution in [1.82, 2.24) is 5.32 Å². The third-order valence-corrected chi connectivity index (χ3v) is 6.02. The summed E-state index contributed by atoms with van der Waals surface area (Å²) in [5.74, 6) is 2.20. The Balaban J connectivity index is 1.56. The Hall–Kier alpha value is -0.280. The summed E-state index contributed by atoms with van der Waals surface area (Å²) < 4.78 is 6.04. The van der Waals surface area contributed by atoms with Gasteiger partial charge in [-0.2, -0.15) is 0 Å². The molecule has 1 heterocycles. The third-order valence-electron chi connectivity index (χ3n) is 5.28. The van der Waals surface area contributed by atoms with E-state index in [9.17, 15) is 0 Å². The van der Waals surface area contributed by atoms with Crippen LogP contribution >= 0.6 is 23.2 Å². The number of fused-ring (bicyclic) bond motifs is 1. The lowest BCUT2D eigenvalue weighted by molar-refractivity contribution is 0.0949. The van der Waals surface area contributed by atoms with Gasteiger partial charge < -0.3 is 10.1 Å². The van der Waals surface area contributed by atoms with Crippen molar-refractivity contribution in [3.8, 4) is 0 Å². The zero-order valence-electron chi connectivity index (χ0n) is 11.4. The second-order valence-corrected chi connectivity index (χ2v) is 7.31. The molecule has 1 aliphatic heterocycles. The van der Waals surface area contributed by atoms with Gasteiger partial charge in [-0.25, -0.2) is 0 Å². The predicted molar refractivity (Wildman–Crippen MR) is 81.5 cm³/mol. The smallest absolute Gasteiger partial charge is 0.0595 e. The van der Waals surface area contributed by atoms with Gasteiger partial charge in [0.2, 0.25) is 0 Å². The summed E-state index contributed by atoms with van der Waals surface area (Å²) >= 11 is 12.3. The van der Waals surface area contributed by atoms with Crippen molar-refractivity contribution in [2.45, 2.75) is 18.3 Å². The predicted octanol–water partition coefficient (Wildman–Crippen LogP) is 3.51. The Morgan fingerprint density at radius 2 is 1.90 bits per heavy atom. The Labute approximate surface area is 129 Å². The molecule has 0 radical (unpaired) electrons. The van der Waals surface area contributed by atoms with E-state index in [4.69, 9.17) is 27.9 Å². The fourth-order valence-electron chi connectivity index (χ4n) is 3.84. The van der Waals surface area contributed by atoms with Gasteiger partial charge in [0, 0.05) is 12.0 Å². The molecule has 1 N–H and O–H groups in total. The largest absolute Gasteiger partial charge is 0.380 e. The molecule has 108 valence electrons. The van der Waals surface area contributed by atoms with Crippen LogP contribution in [0.4, 0.5) is 0 Å². The summed E-state index contributed by atoms with van der Waals surface area (Å²) in [5, 5.41) is 4.76. The maximum absolute atomic E-state index is 6.21. The normalized spacial score (nSPS) is 35.1. The van der Waals surface area contributed by atoms with E-state index in [0.717, 1.165) is 32.2 Å². The Kier molecular flexibility index (Phi) is 3.26. The van der Waals surface area contributed by atoms with Crippen LogP contribution in [0.5, 0.6) is 0 Å². The van der Waals surface area contributed by atoms with E-state index in [0.29, 0.717) is 21.9 Å². The number of hydrogen-bond acceptors (Lipinski definition) is 2. The topological polar surface area (TPSA) is 21.3 Å². The maximum atomic E-state index is 6.21. The fourth-order valence-corrected chi connectivity index (χ4v) is 4.14. The van der Waals surface area contributed by atoms with E-state index in [1.54, 1.807) is 0 Å². The second-order valence-electron chi connectivity index (χ2n) is 6.50. The molecule has 20 heavy (non-hydrogen) atoms. The van der Waals surface area contributed by atoms with Crippen LogP contribution in [0.1, 0.15) is 18.4 Å². The van der Waals surface area contributed by atoms with E-state index < -0.39 is 0 Å². The molecule has 4 heteroatoms. The third kappa shape index (κ3) is 2.09. The van der Waals surface area contributed by atoms with E-state index in [1.165, 1.54) is 18.4 Å². The Morgan fingerprint density at radius 3 is 2.55 bits per heavy atom. The number of rotatable bonds is 5. The number of ether oxygens (including phenoxy) is 1. The molecular weight excluding hydrogens is 293 g/mol. The number of halogens is 2. The van der Waals surface area contributed by atoms with Crippen LogP contribution in [0.15, 0.2) is 18.2 Å². The highest BCUT2D eigenvalue weighted by Gasteiger charge is 2.67. The Morgan fingerprint density at radius 1 is 1.15 bits per heavy atom. The van der Waals surface area contributed by atoms with E-state index in [-0.39, 0.29) is 5.41 Å². The van der Waals surface area contributed by atoms with Crippen LogP contribution in [0.2, 0.25) is 10.0 Å². The summed E-state index contributed by atoms with van der Waals surface area (Å²) in [7, 11) is 0. The summed E-state index contributed by atoms with van der Waals surface area (Å²) in [4.78, 5) is 0. The number of hydrogen-bond donors (Lipinski definition) is 1. The van der Waals surface area contributed by atoms with Gasteiger partial charge in [-0.3, -0.25) is 0 Å². The molecule has 2 nitrogen and oxygen atoms in total. The molecule has 2 aliphatic carbocycles. The minimum Gasteiger partial charge on any atom is -0.380 e. The molecule has 1 saturated heterocycles. The zero-order chi connectivity index (χ0) is 13.7. The molecular formula is C16H19Cl2NO. The van der Waals surface area contributed by atoms with Gasteiger partial charge in [-0.15, -0.1) is 0 Å². The van der Waals surface area contributed by atoms with Crippen LogP contribution in [-0.4, -0.2) is 26.3 Å². The number of benzene rings is 1. The van der Waals surface area contributed by atoms with Gasteiger partial charge in [0.25, 0.3) is 0 Å². The molecule has 0 amide bonds. The molecule has 0 bridgehead atoms. The zero-order valence-corrected chi connectivity index (χ0v) is 12.9. The van der Waals surface area contributed by atoms with Crippen molar-refractivity contribution in [3.63, 3.8) is 0 Å². The molecule has 1 aromatic carbocycles. The molecule has 3 atom stereocenters. The molecule has 4 rings (SSSR count). The van der Waals surface area contributed by atoms with Gasteiger partial charge >= 0.3 is 0 Å². The molecule has 1 aromatic rings. The van der Waals surface area contributed by atoms with Crippen molar-refractivity contribution in [3.05, 3.63) is 33.8 Å². The van der Waals surface area contributed by atoms with Gasteiger partial charge in [0.1, 0.15) is 0 Å². The monoisotopic (exact) mass is 311 g/mol. The highest BCUT2D eigenvalue weighted by atomic mass is 35.5. The first-order valence-electron chi connectivity index (χ1n) is 7.46. The van der Waals surface area contributed by atoms with E-state index >= 15 is 0 Å². The maximum Gasteiger partial charge on any atom is 0.0595 e. The minimum absolute atomic E-state index is 0.175. The number of nitrogens with one attached hydrogen (secondary N) is 1. The van der Waals surface area contributed by atoms with E-state index in [1.807, 2.05) is 12.1 Å². The lowest BCUT2D eigenvalue weighted by atomic mass is 9.91. The van der Waals surface area contributed by atoms with Crippen LogP contribution in [0.3, 0.4) is 0 Å². The highest BCUT2D eigenvalue weighted by molar-refractivity contribution is 6.42. The molecule has 0 aromatic heterocycles. The van der Waals surface area contributed by atoms with Crippen molar-refractivity contribution < 1.29 is 4.74 Å². The van der Waals surface area contributed by atoms with Gasteiger partial charge in [-0.05, 0) is 61.4 Å². The SMILES string of the molecule is Clc1ccc(C2(COCC3CC3)C3CNC[C@H]32)cc1Cl. The summed E-state index contributed by atoms with van der Waals surface area (Å²) in [6, 6.07) is 6.10. The lowest BCUT2D eigenvalue weighted by Crippen LogP contribution is -2.30. The first kappa shape index (κ1) is 13.4. The van der Waals surface area contributed by atoms with Gasteiger partial charge in [0.15, 0.2) is 0 Å². The average molecular weight is 312 g/mol. The summed E-state index contributed by atoms with van der Waals surface area (Å²) in [6.07, 6.45) is 2.68. The first-order chi connectivity index (χ1) is 9.72. The van der Waals surface area contributed by atoms with Crippen LogP contribution in [-0.2, 0) is 10.2 Å². The molecule has 3 aliphatic rings. The molecule has 0 spiro atoms. The molecule has 2 saturated carbocycles. The van der Waals surface area contributed by atoms with Crippen molar-refractivity contribution in [1.29, 1.82) is 0 Å². The standard InChI is InChI=1S/C16H19Cl2NO/c17-14-4-3-11(5-15(14)18)16(9-20-8-10-1-2-10)12-6-19-7-13(12)16/h3-5,10,12-13,19H,1-2,6-9H2/t12-,13?,16?/m1/s1. The van der Waals surface area contributed by atoms with Gasteiger partial charge in [0.05, 0.1) is 16.7 Å². The van der Waals surface area contributed by atoms with Crippen molar-refractivity contribution in [2.75, 3.05) is 26.3 Å². The van der Waals surface area contributed by atoms with Crippen LogP contribution < -0.4 is 5.32 Å². The van der Waals surface area contributed by atoms with Gasteiger partial charge in [-0.1, -0.05) is 29.3 Å². The van der Waals surface area contributed by atoms with Crippen LogP contribution in [0.25, 0.3) is 0 Å². The highest BCUT2D eigenvalue weighted by Crippen LogP contribution is 2.62.